The van der Waals surface area contributed by atoms with Crippen LogP contribution in [0, 0.1) is 6.92 Å². The lowest BCUT2D eigenvalue weighted by atomic mass is 10.2. The third kappa shape index (κ3) is 2.99. The lowest BCUT2D eigenvalue weighted by molar-refractivity contribution is 0.319. The van der Waals surface area contributed by atoms with Crippen molar-refractivity contribution in [3.63, 3.8) is 0 Å². The third-order valence-corrected chi connectivity index (χ3v) is 5.68. The van der Waals surface area contributed by atoms with Crippen molar-refractivity contribution in [2.75, 3.05) is 10.8 Å². The van der Waals surface area contributed by atoms with Crippen LogP contribution in [-0.2, 0) is 14.4 Å². The molecule has 3 rings (SSSR count). The molecule has 116 valence electrons. The highest BCUT2D eigenvalue weighted by Gasteiger charge is 2.28. The number of benzene rings is 2. The van der Waals surface area contributed by atoms with Crippen molar-refractivity contribution < 1.29 is 12.7 Å². The van der Waals surface area contributed by atoms with Gasteiger partial charge in [0, 0.05) is 9.79 Å². The highest BCUT2D eigenvalue weighted by Crippen LogP contribution is 2.48. The molecule has 0 saturated carbocycles. The van der Waals surface area contributed by atoms with Gasteiger partial charge in [-0.15, -0.1) is 4.28 Å². The van der Waals surface area contributed by atoms with Crippen molar-refractivity contribution in [2.24, 2.45) is 0 Å². The number of anilines is 2. The fourth-order valence-corrected chi connectivity index (χ4v) is 4.41. The quantitative estimate of drug-likeness (QED) is 0.835. The number of hydrogen-bond acceptors (Lipinski definition) is 5. The molecular weight excluding hydrogens is 318 g/mol. The molecule has 2 aromatic rings. The van der Waals surface area contributed by atoms with Gasteiger partial charge in [-0.3, -0.25) is 0 Å². The van der Waals surface area contributed by atoms with E-state index in [2.05, 4.69) is 0 Å². The van der Waals surface area contributed by atoms with Gasteiger partial charge in [0.25, 0.3) is 10.1 Å². The molecule has 0 amide bonds. The van der Waals surface area contributed by atoms with Crippen molar-refractivity contribution in [3.8, 4) is 0 Å². The lowest BCUT2D eigenvalue weighted by Crippen LogP contribution is -2.26. The van der Waals surface area contributed by atoms with Gasteiger partial charge in [0.05, 0.1) is 17.1 Å². The zero-order chi connectivity index (χ0) is 15.7. The SMILES string of the molecule is CCCS(=O)(=O)ON1c2ccccc2Sc2cc(C)ccc21. The molecule has 1 aliphatic heterocycles. The Labute approximate surface area is 135 Å². The molecule has 4 nitrogen and oxygen atoms in total. The van der Waals surface area contributed by atoms with Gasteiger partial charge in [-0.05, 0) is 43.2 Å². The minimum absolute atomic E-state index is 0.00000441. The molecular formula is C16H17NO3S2. The van der Waals surface area contributed by atoms with Crippen LogP contribution in [0.5, 0.6) is 0 Å². The topological polar surface area (TPSA) is 46.6 Å². The Hall–Kier alpha value is -1.50. The molecule has 0 N–H and O–H groups in total. The summed E-state index contributed by atoms with van der Waals surface area (Å²) < 4.78 is 29.6. The van der Waals surface area contributed by atoms with Gasteiger partial charge >= 0.3 is 0 Å². The maximum absolute atomic E-state index is 12.1. The Morgan fingerprint density at radius 1 is 1.09 bits per heavy atom. The number of rotatable bonds is 4. The van der Waals surface area contributed by atoms with Crippen LogP contribution < -0.4 is 5.06 Å². The fourth-order valence-electron chi connectivity index (χ4n) is 2.31. The molecule has 0 aliphatic carbocycles. The third-order valence-electron chi connectivity index (χ3n) is 3.28. The predicted octanol–water partition coefficient (Wildman–Crippen LogP) is 4.27. The number of nitrogens with zero attached hydrogens (tertiary/aromatic N) is 1. The Kier molecular flexibility index (Phi) is 4.16. The molecule has 0 saturated heterocycles. The van der Waals surface area contributed by atoms with Crippen LogP contribution in [0.3, 0.4) is 0 Å². The van der Waals surface area contributed by atoms with Gasteiger partial charge in [-0.25, -0.2) is 5.06 Å². The summed E-state index contributed by atoms with van der Waals surface area (Å²) in [6, 6.07) is 13.5. The molecule has 1 heterocycles. The molecule has 0 aromatic heterocycles. The summed E-state index contributed by atoms with van der Waals surface area (Å²) in [6.07, 6.45) is 0.521. The van der Waals surface area contributed by atoms with Crippen molar-refractivity contribution in [1.29, 1.82) is 0 Å². The molecule has 2 aromatic carbocycles. The lowest BCUT2D eigenvalue weighted by Gasteiger charge is -2.30. The number of hydrogen-bond donors (Lipinski definition) is 0. The molecule has 0 unspecified atom stereocenters. The second kappa shape index (κ2) is 5.95. The van der Waals surface area contributed by atoms with Crippen LogP contribution in [0.4, 0.5) is 11.4 Å². The zero-order valence-electron chi connectivity index (χ0n) is 12.4. The van der Waals surface area contributed by atoms with Gasteiger partial charge in [-0.1, -0.05) is 36.9 Å². The number of aryl methyl sites for hydroxylation is 1. The standard InChI is InChI=1S/C16H17NO3S2/c1-3-10-22(18,19)20-17-13-6-4-5-7-15(13)21-16-11-12(2)8-9-14(16)17/h4-9,11H,3,10H2,1-2H3. The summed E-state index contributed by atoms with van der Waals surface area (Å²) in [5, 5.41) is 1.44. The minimum Gasteiger partial charge on any atom is -0.202 e. The second-order valence-electron chi connectivity index (χ2n) is 5.17. The summed E-state index contributed by atoms with van der Waals surface area (Å²) in [6.45, 7) is 3.83. The first-order valence-corrected chi connectivity index (χ1v) is 9.49. The largest absolute Gasteiger partial charge is 0.288 e. The Bertz CT molecular complexity index is 803. The van der Waals surface area contributed by atoms with Crippen LogP contribution in [0.25, 0.3) is 0 Å². The molecule has 0 spiro atoms. The molecule has 0 fully saturated rings. The van der Waals surface area contributed by atoms with E-state index < -0.39 is 10.1 Å². The zero-order valence-corrected chi connectivity index (χ0v) is 14.1. The normalized spacial score (nSPS) is 13.6. The molecule has 1 aliphatic rings. The van der Waals surface area contributed by atoms with E-state index in [1.54, 1.807) is 11.8 Å². The second-order valence-corrected chi connectivity index (χ2v) is 7.93. The van der Waals surface area contributed by atoms with Crippen LogP contribution in [-0.4, -0.2) is 14.2 Å². The van der Waals surface area contributed by atoms with E-state index in [0.717, 1.165) is 26.7 Å². The summed E-state index contributed by atoms with van der Waals surface area (Å²) in [5.41, 5.74) is 2.64. The smallest absolute Gasteiger partial charge is 0.202 e. The first kappa shape index (κ1) is 15.4. The maximum Gasteiger partial charge on any atom is 0.288 e. The van der Waals surface area contributed by atoms with Crippen molar-refractivity contribution >= 4 is 33.3 Å². The van der Waals surface area contributed by atoms with Gasteiger partial charge < -0.3 is 0 Å². The summed E-state index contributed by atoms with van der Waals surface area (Å²) in [5.74, 6) is 0.00000441. The van der Waals surface area contributed by atoms with E-state index >= 15 is 0 Å². The maximum atomic E-state index is 12.1. The first-order chi connectivity index (χ1) is 10.5. The number of para-hydroxylation sites is 1. The van der Waals surface area contributed by atoms with Crippen LogP contribution >= 0.6 is 11.8 Å². The Morgan fingerprint density at radius 3 is 2.59 bits per heavy atom. The Morgan fingerprint density at radius 2 is 1.82 bits per heavy atom. The molecule has 22 heavy (non-hydrogen) atoms. The van der Waals surface area contributed by atoms with Crippen LogP contribution in [0.1, 0.15) is 18.9 Å². The van der Waals surface area contributed by atoms with E-state index in [-0.39, 0.29) is 5.75 Å². The molecule has 0 radical (unpaired) electrons. The van der Waals surface area contributed by atoms with E-state index in [1.165, 1.54) is 5.06 Å². The van der Waals surface area contributed by atoms with Gasteiger partial charge in [0.2, 0.25) is 0 Å². The summed E-state index contributed by atoms with van der Waals surface area (Å²) >= 11 is 1.62. The van der Waals surface area contributed by atoms with Crippen LogP contribution in [0.15, 0.2) is 52.3 Å². The average Bonchev–Trinajstić information content (AvgIpc) is 2.46. The van der Waals surface area contributed by atoms with E-state index in [0.29, 0.717) is 6.42 Å². The molecule has 6 heteroatoms. The summed E-state index contributed by atoms with van der Waals surface area (Å²) in [4.78, 5) is 1.97. The van der Waals surface area contributed by atoms with E-state index in [1.807, 2.05) is 56.3 Å². The fraction of sp³-hybridized carbons (Fsp3) is 0.250. The Balaban J connectivity index is 2.09. The predicted molar refractivity (Wildman–Crippen MR) is 89.0 cm³/mol. The average molecular weight is 335 g/mol. The van der Waals surface area contributed by atoms with Gasteiger partial charge in [0.15, 0.2) is 0 Å². The molecule has 0 atom stereocenters. The van der Waals surface area contributed by atoms with E-state index in [9.17, 15) is 8.42 Å². The van der Waals surface area contributed by atoms with E-state index in [4.69, 9.17) is 4.28 Å². The first-order valence-electron chi connectivity index (χ1n) is 7.10. The summed E-state index contributed by atoms with van der Waals surface area (Å²) in [7, 11) is -3.61. The van der Waals surface area contributed by atoms with Crippen molar-refractivity contribution in [3.05, 3.63) is 48.0 Å². The number of fused-ring (bicyclic) bond motifs is 2. The highest BCUT2D eigenvalue weighted by atomic mass is 32.2. The van der Waals surface area contributed by atoms with Crippen LogP contribution in [0.2, 0.25) is 0 Å². The van der Waals surface area contributed by atoms with Crippen molar-refractivity contribution in [1.82, 2.24) is 0 Å². The van der Waals surface area contributed by atoms with Crippen molar-refractivity contribution in [2.45, 2.75) is 30.1 Å². The monoisotopic (exact) mass is 335 g/mol. The minimum atomic E-state index is -3.61. The van der Waals surface area contributed by atoms with Gasteiger partial charge in [0.1, 0.15) is 0 Å². The molecule has 0 bridgehead atoms. The van der Waals surface area contributed by atoms with Gasteiger partial charge in [-0.2, -0.15) is 8.42 Å². The highest BCUT2D eigenvalue weighted by molar-refractivity contribution is 7.99.